The topological polar surface area (TPSA) is 123 Å². The summed E-state index contributed by atoms with van der Waals surface area (Å²) in [6.07, 6.45) is 3.86. The van der Waals surface area contributed by atoms with Gasteiger partial charge in [-0.05, 0) is 75.0 Å². The fourth-order valence-electron chi connectivity index (χ4n) is 8.19. The third-order valence-corrected chi connectivity index (χ3v) is 11.3. The molecule has 3 aliphatic heterocycles. The number of aromatic amines is 2. The zero-order valence-electron chi connectivity index (χ0n) is 28.3. The Morgan fingerprint density at radius 2 is 1.62 bits per heavy atom. The monoisotopic (exact) mass is 698 g/mol. The van der Waals surface area contributed by atoms with Crippen molar-refractivity contribution in [3.63, 3.8) is 0 Å². The van der Waals surface area contributed by atoms with Gasteiger partial charge >= 0.3 is 11.8 Å². The molecule has 0 aliphatic carbocycles. The normalized spacial score (nSPS) is 19.5. The van der Waals surface area contributed by atoms with Crippen LogP contribution in [0.4, 0.5) is 4.79 Å². The molecule has 2 amide bonds. The number of hydrogen-bond donors (Lipinski definition) is 2. The van der Waals surface area contributed by atoms with Gasteiger partial charge < -0.3 is 24.4 Å². The number of piperazine rings is 1. The van der Waals surface area contributed by atoms with E-state index in [2.05, 4.69) is 32.0 Å². The second-order valence-corrected chi connectivity index (χ2v) is 14.5. The van der Waals surface area contributed by atoms with E-state index in [4.69, 9.17) is 16.3 Å². The summed E-state index contributed by atoms with van der Waals surface area (Å²) in [4.78, 5) is 52.5. The van der Waals surface area contributed by atoms with Gasteiger partial charge in [-0.25, -0.2) is 9.59 Å². The number of imidazole rings is 1. The van der Waals surface area contributed by atoms with Gasteiger partial charge in [-0.3, -0.25) is 19.4 Å². The number of H-pyrrole nitrogens is 2. The van der Waals surface area contributed by atoms with Gasteiger partial charge in [0.05, 0.1) is 27.8 Å². The van der Waals surface area contributed by atoms with Gasteiger partial charge in [-0.1, -0.05) is 41.9 Å². The highest BCUT2D eigenvalue weighted by atomic mass is 35.5. The predicted molar refractivity (Wildman–Crippen MR) is 194 cm³/mol. The van der Waals surface area contributed by atoms with E-state index in [9.17, 15) is 14.4 Å². The van der Waals surface area contributed by atoms with E-state index in [0.29, 0.717) is 50.1 Å². The van der Waals surface area contributed by atoms with Crippen LogP contribution in [0.15, 0.2) is 59.5 Å². The summed E-state index contributed by atoms with van der Waals surface area (Å²) >= 11 is 6.56. The van der Waals surface area contributed by atoms with Crippen LogP contribution < -0.4 is 5.69 Å². The van der Waals surface area contributed by atoms with E-state index >= 15 is 0 Å². The number of ether oxygens (including phenoxy) is 1. The number of fused-ring (bicyclic) bond motifs is 4. The molecule has 0 unspecified atom stereocenters. The lowest BCUT2D eigenvalue weighted by molar-refractivity contribution is -0.143. The van der Waals surface area contributed by atoms with Gasteiger partial charge in [0, 0.05) is 68.5 Å². The van der Waals surface area contributed by atoms with E-state index in [1.54, 1.807) is 11.1 Å². The summed E-state index contributed by atoms with van der Waals surface area (Å²) < 4.78 is 7.93. The molecule has 3 saturated heterocycles. The number of likely N-dealkylation sites (tertiary alicyclic amines) is 2. The van der Waals surface area contributed by atoms with Crippen LogP contribution in [0.1, 0.15) is 37.3 Å². The summed E-state index contributed by atoms with van der Waals surface area (Å²) in [5.41, 5.74) is 3.07. The van der Waals surface area contributed by atoms with Crippen molar-refractivity contribution in [3.8, 4) is 0 Å². The van der Waals surface area contributed by atoms with Gasteiger partial charge in [0.2, 0.25) is 0 Å². The Morgan fingerprint density at radius 3 is 2.40 bits per heavy atom. The maximum absolute atomic E-state index is 14.1. The van der Waals surface area contributed by atoms with E-state index in [0.717, 1.165) is 77.3 Å². The summed E-state index contributed by atoms with van der Waals surface area (Å²) in [7, 11) is 2.17. The lowest BCUT2D eigenvalue weighted by Gasteiger charge is -2.42. The number of hydrogen-bond acceptors (Lipinski definition) is 7. The van der Waals surface area contributed by atoms with Crippen molar-refractivity contribution >= 4 is 56.3 Å². The predicted octanol–water partition coefficient (Wildman–Crippen LogP) is 4.64. The minimum absolute atomic E-state index is 0.0661. The van der Waals surface area contributed by atoms with Crippen LogP contribution in [0, 0.1) is 0 Å². The average Bonchev–Trinajstić information content (AvgIpc) is 3.76. The third-order valence-electron chi connectivity index (χ3n) is 11.0. The minimum atomic E-state index is -1.000. The van der Waals surface area contributed by atoms with Crippen LogP contribution in [0.5, 0.6) is 0 Å². The highest BCUT2D eigenvalue weighted by Crippen LogP contribution is 2.30. The maximum atomic E-state index is 14.1. The Hall–Kier alpha value is -4.39. The van der Waals surface area contributed by atoms with E-state index in [1.165, 1.54) is 0 Å². The molecule has 2 aromatic heterocycles. The first-order valence-electron chi connectivity index (χ1n) is 17.7. The molecule has 3 aromatic carbocycles. The SMILES string of the molecule is CN1CCC(N2CCN(C(=O)[C@@H](Cc3cc(Cl)c4[nH]ncc4c3)OC(=O)N3CCC(n4c(=O)[nH]c5c6ccccc6ccc54)CC3)CC2)CC1. The van der Waals surface area contributed by atoms with E-state index < -0.39 is 12.2 Å². The van der Waals surface area contributed by atoms with Crippen LogP contribution in [-0.2, 0) is 16.0 Å². The molecule has 0 spiro atoms. The molecule has 5 heterocycles. The molecule has 13 heteroatoms. The average molecular weight is 699 g/mol. The van der Waals surface area contributed by atoms with Gasteiger partial charge in [-0.2, -0.15) is 5.10 Å². The fraction of sp³-hybridized carbons (Fsp3) is 0.459. The summed E-state index contributed by atoms with van der Waals surface area (Å²) in [5.74, 6) is -0.183. The number of piperidine rings is 2. The first-order chi connectivity index (χ1) is 24.3. The Balaban J connectivity index is 0.961. The fourth-order valence-corrected chi connectivity index (χ4v) is 8.48. The minimum Gasteiger partial charge on any atom is -0.436 e. The molecule has 0 bridgehead atoms. The molecule has 262 valence electrons. The molecule has 0 radical (unpaired) electrons. The van der Waals surface area contributed by atoms with Crippen LogP contribution in [-0.4, -0.2) is 123 Å². The quantitative estimate of drug-likeness (QED) is 0.265. The Kier molecular flexibility index (Phi) is 9.00. The van der Waals surface area contributed by atoms with E-state index in [-0.39, 0.29) is 24.1 Å². The number of nitrogens with one attached hydrogen (secondary N) is 2. The molecular formula is C37H43ClN8O4. The number of carbonyl (C=O) groups excluding carboxylic acids is 2. The van der Waals surface area contributed by atoms with Crippen molar-refractivity contribution in [2.75, 3.05) is 59.4 Å². The molecule has 1 atom stereocenters. The zero-order valence-corrected chi connectivity index (χ0v) is 29.1. The number of nitrogens with zero attached hydrogens (tertiary/aromatic N) is 6. The molecule has 3 aliphatic rings. The molecule has 3 fully saturated rings. The van der Waals surface area contributed by atoms with Gasteiger partial charge in [0.15, 0.2) is 6.10 Å². The molecule has 5 aromatic rings. The third kappa shape index (κ3) is 6.36. The number of aromatic nitrogens is 4. The number of halogens is 1. The van der Waals surface area contributed by atoms with Crippen molar-refractivity contribution < 1.29 is 14.3 Å². The molecule has 8 rings (SSSR count). The lowest BCUT2D eigenvalue weighted by Crippen LogP contribution is -2.56. The zero-order chi connectivity index (χ0) is 34.4. The summed E-state index contributed by atoms with van der Waals surface area (Å²) in [6, 6.07) is 16.3. The van der Waals surface area contributed by atoms with Crippen LogP contribution >= 0.6 is 11.6 Å². The van der Waals surface area contributed by atoms with Gasteiger partial charge in [-0.15, -0.1) is 0 Å². The van der Waals surface area contributed by atoms with Gasteiger partial charge in [0.25, 0.3) is 5.91 Å². The second kappa shape index (κ2) is 13.7. The van der Waals surface area contributed by atoms with Crippen LogP contribution in [0.2, 0.25) is 5.02 Å². The number of carbonyl (C=O) groups is 2. The first kappa shape index (κ1) is 32.8. The number of benzene rings is 3. The molecule has 12 nitrogen and oxygen atoms in total. The van der Waals surface area contributed by atoms with Gasteiger partial charge in [0.1, 0.15) is 0 Å². The molecular weight excluding hydrogens is 656 g/mol. The number of rotatable bonds is 6. The molecule has 0 saturated carbocycles. The van der Waals surface area contributed by atoms with Crippen molar-refractivity contribution in [2.24, 2.45) is 0 Å². The standard InChI is InChI=1S/C37H43ClN8O4/c1-42-12-8-27(9-13-42)43-16-18-44(19-17-43)35(47)32(22-24-20-26-23-39-41-33(26)30(38)21-24)50-37(49)45-14-10-28(11-15-45)46-31-7-6-25-4-2-3-5-29(25)34(31)40-36(46)48/h2-7,20-21,23,27-28,32H,8-19,22H2,1H3,(H,39,41)(H,40,48)/t32-/m1/s1. The van der Waals surface area contributed by atoms with Crippen molar-refractivity contribution in [3.05, 3.63) is 75.8 Å². The van der Waals surface area contributed by atoms with E-state index in [1.807, 2.05) is 58.0 Å². The molecule has 50 heavy (non-hydrogen) atoms. The number of amides is 2. The summed E-state index contributed by atoms with van der Waals surface area (Å²) in [6.45, 7) is 5.84. The summed E-state index contributed by atoms with van der Waals surface area (Å²) in [5, 5.41) is 10.4. The second-order valence-electron chi connectivity index (χ2n) is 14.1. The largest absolute Gasteiger partial charge is 0.436 e. The van der Waals surface area contributed by atoms with Crippen LogP contribution in [0.3, 0.4) is 0 Å². The van der Waals surface area contributed by atoms with Crippen molar-refractivity contribution in [1.82, 2.24) is 39.3 Å². The van der Waals surface area contributed by atoms with Crippen LogP contribution in [0.25, 0.3) is 32.7 Å². The van der Waals surface area contributed by atoms with Crippen molar-refractivity contribution in [2.45, 2.75) is 50.3 Å². The maximum Gasteiger partial charge on any atom is 0.410 e. The Labute approximate surface area is 294 Å². The highest BCUT2D eigenvalue weighted by molar-refractivity contribution is 6.35. The first-order valence-corrected chi connectivity index (χ1v) is 18.1. The Morgan fingerprint density at radius 1 is 0.880 bits per heavy atom. The smallest absolute Gasteiger partial charge is 0.410 e. The highest BCUT2D eigenvalue weighted by Gasteiger charge is 2.35. The lowest BCUT2D eigenvalue weighted by atomic mass is 10.0. The van der Waals surface area contributed by atoms with Crippen molar-refractivity contribution in [1.29, 1.82) is 0 Å². The molecule has 2 N–H and O–H groups in total. The Bertz CT molecular complexity index is 2080.